The Labute approximate surface area is 113 Å². The van der Waals surface area contributed by atoms with E-state index in [-0.39, 0.29) is 11.9 Å². The molecule has 1 aromatic heterocycles. The van der Waals surface area contributed by atoms with Gasteiger partial charge in [-0.2, -0.15) is 5.10 Å². The molecular formula is C13H20N4O2. The number of carbonyl (C=O) groups is 1. The highest BCUT2D eigenvalue weighted by Crippen LogP contribution is 2.21. The van der Waals surface area contributed by atoms with Gasteiger partial charge in [0.05, 0.1) is 23.9 Å². The highest BCUT2D eigenvalue weighted by Gasteiger charge is 2.27. The van der Waals surface area contributed by atoms with Crippen molar-refractivity contribution in [1.82, 2.24) is 15.2 Å². The Morgan fingerprint density at radius 2 is 1.95 bits per heavy atom. The van der Waals surface area contributed by atoms with Crippen molar-refractivity contribution in [3.8, 4) is 0 Å². The molecule has 6 heteroatoms. The summed E-state index contributed by atoms with van der Waals surface area (Å²) in [6.07, 6.45) is 1.57. The topological polar surface area (TPSA) is 68.2 Å². The number of rotatable bonds is 3. The maximum atomic E-state index is 11.7. The van der Waals surface area contributed by atoms with Gasteiger partial charge in [0, 0.05) is 13.1 Å². The van der Waals surface area contributed by atoms with E-state index in [4.69, 9.17) is 4.74 Å². The summed E-state index contributed by atoms with van der Waals surface area (Å²) in [5, 5.41) is 8.21. The summed E-state index contributed by atoms with van der Waals surface area (Å²) < 4.78 is 5.06. The Morgan fingerprint density at radius 3 is 2.53 bits per heavy atom. The van der Waals surface area contributed by atoms with E-state index in [2.05, 4.69) is 20.1 Å². The molecule has 0 spiro atoms. The number of piperidine rings is 1. The molecule has 1 aliphatic heterocycles. The zero-order chi connectivity index (χ0) is 13.8. The minimum absolute atomic E-state index is 0.00991. The quantitative estimate of drug-likeness (QED) is 0.766. The zero-order valence-corrected chi connectivity index (χ0v) is 11.7. The van der Waals surface area contributed by atoms with Gasteiger partial charge < -0.3 is 9.64 Å². The lowest BCUT2D eigenvalue weighted by molar-refractivity contribution is -0.148. The van der Waals surface area contributed by atoms with Crippen molar-refractivity contribution in [3.63, 3.8) is 0 Å². The van der Waals surface area contributed by atoms with Gasteiger partial charge in [-0.3, -0.25) is 4.79 Å². The first-order valence-corrected chi connectivity index (χ1v) is 6.71. The smallest absolute Gasteiger partial charge is 0.309 e. The molecule has 2 rings (SSSR count). The summed E-state index contributed by atoms with van der Waals surface area (Å²) in [5.41, 5.74) is 1.75. The van der Waals surface area contributed by atoms with E-state index >= 15 is 0 Å². The molecule has 0 aliphatic carbocycles. The fourth-order valence-corrected chi connectivity index (χ4v) is 2.15. The first-order chi connectivity index (χ1) is 9.11. The van der Waals surface area contributed by atoms with Crippen molar-refractivity contribution < 1.29 is 9.53 Å². The van der Waals surface area contributed by atoms with Gasteiger partial charge in [-0.1, -0.05) is 0 Å². The van der Waals surface area contributed by atoms with E-state index in [1.807, 2.05) is 20.8 Å². The molecule has 1 aromatic rings. The Hall–Kier alpha value is -1.72. The molecule has 0 N–H and O–H groups in total. The third-order valence-corrected chi connectivity index (χ3v) is 3.48. The van der Waals surface area contributed by atoms with Gasteiger partial charge in [0.1, 0.15) is 0 Å². The Bertz CT molecular complexity index is 456. The van der Waals surface area contributed by atoms with Gasteiger partial charge in [0.2, 0.25) is 5.95 Å². The van der Waals surface area contributed by atoms with Crippen molar-refractivity contribution in [2.24, 2.45) is 5.92 Å². The summed E-state index contributed by atoms with van der Waals surface area (Å²) >= 11 is 0. The summed E-state index contributed by atoms with van der Waals surface area (Å²) in [4.78, 5) is 18.2. The molecule has 0 atom stereocenters. The third kappa shape index (κ3) is 3.19. The fourth-order valence-electron chi connectivity index (χ4n) is 2.15. The fraction of sp³-hybridized carbons (Fsp3) is 0.692. The number of aryl methyl sites for hydroxylation is 2. The third-order valence-electron chi connectivity index (χ3n) is 3.48. The highest BCUT2D eigenvalue weighted by molar-refractivity contribution is 5.72. The van der Waals surface area contributed by atoms with Crippen LogP contribution in [0.15, 0.2) is 0 Å². The van der Waals surface area contributed by atoms with E-state index in [0.29, 0.717) is 12.6 Å². The Morgan fingerprint density at radius 1 is 1.26 bits per heavy atom. The molecule has 1 saturated heterocycles. The van der Waals surface area contributed by atoms with Crippen molar-refractivity contribution >= 4 is 11.9 Å². The summed E-state index contributed by atoms with van der Waals surface area (Å²) in [6, 6.07) is 0. The standard InChI is InChI=1S/C13H20N4O2/c1-4-19-12(18)11-5-7-17(8-6-11)13-14-9(2)10(3)15-16-13/h11H,4-8H2,1-3H3. The van der Waals surface area contributed by atoms with Crippen LogP contribution in [0.2, 0.25) is 0 Å². The number of anilines is 1. The molecule has 0 unspecified atom stereocenters. The van der Waals surface area contributed by atoms with Gasteiger partial charge in [-0.15, -0.1) is 5.10 Å². The molecule has 1 aliphatic rings. The van der Waals surface area contributed by atoms with Crippen LogP contribution in [0.4, 0.5) is 5.95 Å². The van der Waals surface area contributed by atoms with Crippen LogP contribution in [0.25, 0.3) is 0 Å². The molecule has 6 nitrogen and oxygen atoms in total. The molecule has 0 radical (unpaired) electrons. The Kier molecular flexibility index (Phi) is 4.29. The van der Waals surface area contributed by atoms with E-state index in [1.54, 1.807) is 0 Å². The highest BCUT2D eigenvalue weighted by atomic mass is 16.5. The van der Waals surface area contributed by atoms with Crippen LogP contribution in [0.1, 0.15) is 31.2 Å². The SMILES string of the molecule is CCOC(=O)C1CCN(c2nnc(C)c(C)n2)CC1. The normalized spacial score (nSPS) is 16.5. The average molecular weight is 264 g/mol. The number of carbonyl (C=O) groups excluding carboxylic acids is 1. The van der Waals surface area contributed by atoms with E-state index in [1.165, 1.54) is 0 Å². The van der Waals surface area contributed by atoms with Crippen molar-refractivity contribution in [2.75, 3.05) is 24.6 Å². The monoisotopic (exact) mass is 264 g/mol. The van der Waals surface area contributed by atoms with Gasteiger partial charge in [-0.25, -0.2) is 4.98 Å². The van der Waals surface area contributed by atoms with Gasteiger partial charge >= 0.3 is 5.97 Å². The molecule has 1 fully saturated rings. The number of aromatic nitrogens is 3. The largest absolute Gasteiger partial charge is 0.466 e. The molecule has 0 bridgehead atoms. The van der Waals surface area contributed by atoms with E-state index in [9.17, 15) is 4.79 Å². The van der Waals surface area contributed by atoms with Crippen LogP contribution in [0, 0.1) is 19.8 Å². The lowest BCUT2D eigenvalue weighted by atomic mass is 9.97. The molecule has 2 heterocycles. The first kappa shape index (κ1) is 13.7. The average Bonchev–Trinajstić information content (AvgIpc) is 2.42. The van der Waals surface area contributed by atoms with Crippen molar-refractivity contribution in [1.29, 1.82) is 0 Å². The second-order valence-corrected chi connectivity index (χ2v) is 4.80. The maximum absolute atomic E-state index is 11.7. The predicted molar refractivity (Wildman–Crippen MR) is 70.9 cm³/mol. The van der Waals surface area contributed by atoms with E-state index < -0.39 is 0 Å². The lowest BCUT2D eigenvalue weighted by Gasteiger charge is -2.30. The van der Waals surface area contributed by atoms with Crippen LogP contribution in [-0.4, -0.2) is 40.8 Å². The maximum Gasteiger partial charge on any atom is 0.309 e. The van der Waals surface area contributed by atoms with Crippen LogP contribution in [0.3, 0.4) is 0 Å². The van der Waals surface area contributed by atoms with Crippen LogP contribution in [-0.2, 0) is 9.53 Å². The van der Waals surface area contributed by atoms with Crippen LogP contribution in [0.5, 0.6) is 0 Å². The molecule has 0 amide bonds. The molecule has 19 heavy (non-hydrogen) atoms. The van der Waals surface area contributed by atoms with Gasteiger partial charge in [-0.05, 0) is 33.6 Å². The van der Waals surface area contributed by atoms with Gasteiger partial charge in [0.15, 0.2) is 0 Å². The minimum Gasteiger partial charge on any atom is -0.466 e. The second kappa shape index (κ2) is 5.95. The number of nitrogens with zero attached hydrogens (tertiary/aromatic N) is 4. The molecule has 0 aromatic carbocycles. The molecule has 0 saturated carbocycles. The summed E-state index contributed by atoms with van der Waals surface area (Å²) in [7, 11) is 0. The summed E-state index contributed by atoms with van der Waals surface area (Å²) in [5.74, 6) is 0.586. The lowest BCUT2D eigenvalue weighted by Crippen LogP contribution is -2.38. The number of esters is 1. The second-order valence-electron chi connectivity index (χ2n) is 4.80. The predicted octanol–water partition coefficient (Wildman–Crippen LogP) is 1.27. The summed E-state index contributed by atoms with van der Waals surface area (Å²) in [6.45, 7) is 7.65. The minimum atomic E-state index is -0.0821. The number of ether oxygens (including phenoxy) is 1. The van der Waals surface area contributed by atoms with Crippen molar-refractivity contribution in [3.05, 3.63) is 11.4 Å². The van der Waals surface area contributed by atoms with Gasteiger partial charge in [0.25, 0.3) is 0 Å². The van der Waals surface area contributed by atoms with E-state index in [0.717, 1.165) is 37.3 Å². The Balaban J connectivity index is 1.96. The molecular weight excluding hydrogens is 244 g/mol. The zero-order valence-electron chi connectivity index (χ0n) is 11.7. The number of hydrogen-bond donors (Lipinski definition) is 0. The van der Waals surface area contributed by atoms with Crippen LogP contribution < -0.4 is 4.90 Å². The van der Waals surface area contributed by atoms with Crippen molar-refractivity contribution in [2.45, 2.75) is 33.6 Å². The van der Waals surface area contributed by atoms with Crippen LogP contribution >= 0.6 is 0 Å². The number of hydrogen-bond acceptors (Lipinski definition) is 6. The first-order valence-electron chi connectivity index (χ1n) is 6.71. The molecule has 104 valence electrons.